The molecule has 1 saturated heterocycles. The Labute approximate surface area is 301 Å². The molecule has 7 aromatic rings. The molecule has 0 saturated carbocycles. The zero-order valence-corrected chi connectivity index (χ0v) is 28.3. The van der Waals surface area contributed by atoms with E-state index in [4.69, 9.17) is 0 Å². The minimum Gasteiger partial charge on any atom is -0.344 e. The van der Waals surface area contributed by atoms with Crippen molar-refractivity contribution in [3.05, 3.63) is 193 Å². The van der Waals surface area contributed by atoms with Crippen LogP contribution in [0, 0.1) is 23.7 Å². The van der Waals surface area contributed by atoms with Gasteiger partial charge in [-0.3, -0.25) is 4.98 Å². The average molecular weight is 653 g/mol. The van der Waals surface area contributed by atoms with Gasteiger partial charge in [0.2, 0.25) is 0 Å². The van der Waals surface area contributed by atoms with Gasteiger partial charge >= 0.3 is 0 Å². The fourth-order valence-corrected chi connectivity index (χ4v) is 6.87. The zero-order valence-electron chi connectivity index (χ0n) is 28.3. The zero-order chi connectivity index (χ0) is 34.2. The molecule has 6 aromatic carbocycles. The Morgan fingerprint density at radius 3 is 1.22 bits per heavy atom. The van der Waals surface area contributed by atoms with Crippen LogP contribution in [-0.4, -0.2) is 17.1 Å². The van der Waals surface area contributed by atoms with E-state index < -0.39 is 0 Å². The van der Waals surface area contributed by atoms with Gasteiger partial charge in [-0.05, 0) is 106 Å². The highest BCUT2D eigenvalue weighted by atomic mass is 15.2. The van der Waals surface area contributed by atoms with Crippen LogP contribution in [0.2, 0.25) is 0 Å². The average Bonchev–Trinajstić information content (AvgIpc) is 3.63. The van der Waals surface area contributed by atoms with Gasteiger partial charge in [0.15, 0.2) is 0 Å². The third kappa shape index (κ3) is 7.38. The second-order valence-electron chi connectivity index (χ2n) is 12.8. The summed E-state index contributed by atoms with van der Waals surface area (Å²) < 4.78 is 0. The van der Waals surface area contributed by atoms with E-state index in [1.54, 1.807) is 0 Å². The van der Waals surface area contributed by atoms with Gasteiger partial charge in [0.1, 0.15) is 0 Å². The fraction of sp³-hybridized carbons (Fsp3) is 0.0816. The predicted octanol–water partition coefficient (Wildman–Crippen LogP) is 11.2. The first-order chi connectivity index (χ1) is 25.3. The molecule has 2 heterocycles. The fourth-order valence-electron chi connectivity index (χ4n) is 6.87. The molecule has 2 atom stereocenters. The van der Waals surface area contributed by atoms with Crippen LogP contribution in [0.1, 0.15) is 24.0 Å². The second kappa shape index (κ2) is 14.9. The Morgan fingerprint density at radius 2 is 0.765 bits per heavy atom. The quantitative estimate of drug-likeness (QED) is 0.172. The van der Waals surface area contributed by atoms with Crippen molar-refractivity contribution < 1.29 is 0 Å². The Bertz CT molecular complexity index is 2240. The predicted molar refractivity (Wildman–Crippen MR) is 212 cm³/mol. The highest BCUT2D eigenvalue weighted by Crippen LogP contribution is 2.31. The molecule has 1 aliphatic rings. The summed E-state index contributed by atoms with van der Waals surface area (Å²) in [5.41, 5.74) is 12.6. The first-order valence-corrected chi connectivity index (χ1v) is 17.5. The normalized spacial score (nSPS) is 14.9. The Kier molecular flexibility index (Phi) is 9.23. The van der Waals surface area contributed by atoms with Crippen LogP contribution in [0.25, 0.3) is 44.5 Å². The van der Waals surface area contributed by atoms with Crippen molar-refractivity contribution in [2.75, 3.05) is 4.90 Å². The molecule has 1 aliphatic heterocycles. The lowest BCUT2D eigenvalue weighted by Crippen LogP contribution is -2.34. The first-order valence-electron chi connectivity index (χ1n) is 17.5. The van der Waals surface area contributed by atoms with Gasteiger partial charge in [-0.2, -0.15) is 0 Å². The summed E-state index contributed by atoms with van der Waals surface area (Å²) in [6.45, 7) is 0. The molecule has 8 rings (SSSR count). The summed E-state index contributed by atoms with van der Waals surface area (Å²) in [4.78, 5) is 6.66. The number of aromatic nitrogens is 1. The monoisotopic (exact) mass is 652 g/mol. The number of hydrogen-bond donors (Lipinski definition) is 0. The van der Waals surface area contributed by atoms with Crippen molar-refractivity contribution >= 4 is 5.69 Å². The van der Waals surface area contributed by atoms with Crippen LogP contribution in [0.5, 0.6) is 0 Å². The molecule has 0 spiro atoms. The van der Waals surface area contributed by atoms with E-state index in [9.17, 15) is 0 Å². The van der Waals surface area contributed by atoms with Crippen LogP contribution >= 0.6 is 0 Å². The standard InChI is InChI=1S/C49H36N2/c1-3-13-39(14-4-1)43-19-9-21-45(35-43)41-17-7-11-37(33-41)23-25-47-27-28-48(51(47)49-29-31-50-32-30-49)26-24-38-12-8-18-42(34-38)46-22-10-20-44(36-46)40-15-5-2-6-16-40/h1-22,29-36,47-48H,27-28H2/t47-,48-/m1/s1. The second-order valence-corrected chi connectivity index (χ2v) is 12.8. The minimum absolute atomic E-state index is 0.0452. The van der Waals surface area contributed by atoms with E-state index >= 15 is 0 Å². The first kappa shape index (κ1) is 31.6. The lowest BCUT2D eigenvalue weighted by molar-refractivity contribution is 0.803. The van der Waals surface area contributed by atoms with Crippen LogP contribution < -0.4 is 4.90 Å². The minimum atomic E-state index is 0.0452. The van der Waals surface area contributed by atoms with E-state index in [1.165, 1.54) is 33.4 Å². The lowest BCUT2D eigenvalue weighted by Gasteiger charge is -2.27. The van der Waals surface area contributed by atoms with Gasteiger partial charge in [-0.15, -0.1) is 0 Å². The molecule has 2 nitrogen and oxygen atoms in total. The van der Waals surface area contributed by atoms with Crippen molar-refractivity contribution in [3.63, 3.8) is 0 Å². The molecule has 0 unspecified atom stereocenters. The number of hydrogen-bond acceptors (Lipinski definition) is 2. The third-order valence-electron chi connectivity index (χ3n) is 9.44. The summed E-state index contributed by atoms with van der Waals surface area (Å²) in [6, 6.07) is 59.8. The molecule has 51 heavy (non-hydrogen) atoms. The molecule has 0 amide bonds. The van der Waals surface area contributed by atoms with Crippen molar-refractivity contribution in [2.45, 2.75) is 24.9 Å². The molecule has 0 bridgehead atoms. The number of pyridine rings is 1. The van der Waals surface area contributed by atoms with Crippen molar-refractivity contribution in [2.24, 2.45) is 0 Å². The van der Waals surface area contributed by atoms with Crippen molar-refractivity contribution in [1.82, 2.24) is 4.98 Å². The van der Waals surface area contributed by atoms with Gasteiger partial charge in [-0.1, -0.05) is 145 Å². The Morgan fingerprint density at radius 1 is 0.392 bits per heavy atom. The molecule has 1 aromatic heterocycles. The van der Waals surface area contributed by atoms with E-state index in [0.29, 0.717) is 0 Å². The SMILES string of the molecule is C(#C[C@@H]1CC[C@@H](C#Cc2cccc(-c3cccc(-c4ccccc4)c3)c2)N1c1ccncc1)c1cccc(-c2cccc(-c3ccccc3)c2)c1. The van der Waals surface area contributed by atoms with Crippen molar-refractivity contribution in [1.29, 1.82) is 0 Å². The number of anilines is 1. The molecular formula is C49H36N2. The van der Waals surface area contributed by atoms with Gasteiger partial charge in [0.25, 0.3) is 0 Å². The maximum atomic E-state index is 4.28. The van der Waals surface area contributed by atoms with Gasteiger partial charge in [-0.25, -0.2) is 0 Å². The largest absolute Gasteiger partial charge is 0.344 e. The van der Waals surface area contributed by atoms with Gasteiger partial charge in [0.05, 0.1) is 12.1 Å². The van der Waals surface area contributed by atoms with E-state index in [2.05, 4.69) is 203 Å². The van der Waals surface area contributed by atoms with Gasteiger partial charge < -0.3 is 4.90 Å². The maximum Gasteiger partial charge on any atom is 0.0921 e. The molecule has 2 heteroatoms. The van der Waals surface area contributed by atoms with Crippen LogP contribution in [0.4, 0.5) is 5.69 Å². The van der Waals surface area contributed by atoms with Crippen LogP contribution in [-0.2, 0) is 0 Å². The number of rotatable bonds is 5. The van der Waals surface area contributed by atoms with E-state index in [0.717, 1.165) is 40.8 Å². The van der Waals surface area contributed by atoms with E-state index in [-0.39, 0.29) is 12.1 Å². The highest BCUT2D eigenvalue weighted by molar-refractivity contribution is 5.75. The topological polar surface area (TPSA) is 16.1 Å². The van der Waals surface area contributed by atoms with Gasteiger partial charge in [0, 0.05) is 29.2 Å². The van der Waals surface area contributed by atoms with E-state index in [1.807, 2.05) is 12.4 Å². The van der Waals surface area contributed by atoms with Crippen LogP contribution in [0.15, 0.2) is 182 Å². The molecule has 1 fully saturated rings. The molecule has 0 N–H and O–H groups in total. The third-order valence-corrected chi connectivity index (χ3v) is 9.44. The molecule has 0 radical (unpaired) electrons. The number of benzene rings is 6. The van der Waals surface area contributed by atoms with Crippen LogP contribution in [0.3, 0.4) is 0 Å². The molecule has 242 valence electrons. The summed E-state index contributed by atoms with van der Waals surface area (Å²) in [5.74, 6) is 14.3. The number of nitrogens with zero attached hydrogens (tertiary/aromatic N) is 2. The Hall–Kier alpha value is -6.61. The highest BCUT2D eigenvalue weighted by Gasteiger charge is 2.31. The molecular weight excluding hydrogens is 617 g/mol. The summed E-state index contributed by atoms with van der Waals surface area (Å²) in [6.07, 6.45) is 5.59. The Balaban J connectivity index is 1.04. The smallest absolute Gasteiger partial charge is 0.0921 e. The molecule has 0 aliphatic carbocycles. The lowest BCUT2D eigenvalue weighted by atomic mass is 9.98. The maximum absolute atomic E-state index is 4.28. The summed E-state index contributed by atoms with van der Waals surface area (Å²) >= 11 is 0. The van der Waals surface area contributed by atoms with Crippen molar-refractivity contribution in [3.8, 4) is 68.2 Å². The summed E-state index contributed by atoms with van der Waals surface area (Å²) in [5, 5.41) is 0. The summed E-state index contributed by atoms with van der Waals surface area (Å²) in [7, 11) is 0.